The van der Waals surface area contributed by atoms with Crippen molar-refractivity contribution in [1.82, 2.24) is 4.98 Å². The minimum absolute atomic E-state index is 0.284. The average Bonchev–Trinajstić information content (AvgIpc) is 2.35. The Morgan fingerprint density at radius 1 is 1.05 bits per heavy atom. The topological polar surface area (TPSA) is 43.1 Å². The first-order valence-electron chi connectivity index (χ1n) is 6.29. The van der Waals surface area contributed by atoms with Gasteiger partial charge in [-0.05, 0) is 18.2 Å². The van der Waals surface area contributed by atoms with Gasteiger partial charge in [0.1, 0.15) is 8.07 Å². The summed E-state index contributed by atoms with van der Waals surface area (Å²) in [4.78, 5) is 16.7. The first-order valence-corrected chi connectivity index (χ1v) is 9.79. The molecule has 2 heterocycles. The van der Waals surface area contributed by atoms with E-state index in [9.17, 15) is 4.79 Å². The molecule has 0 amide bonds. The van der Waals surface area contributed by atoms with Crippen LogP contribution in [-0.4, -0.2) is 13.1 Å². The van der Waals surface area contributed by atoms with Gasteiger partial charge in [0.15, 0.2) is 0 Å². The predicted molar refractivity (Wildman–Crippen MR) is 80.8 cm³/mol. The standard InChI is InChI=1S/C15H15NO2Si/c1-19(2,3)14-9-13-11(15(17)18-14)8-10-6-4-5-7-12(10)16-13/h4-9H,1-3H3. The van der Waals surface area contributed by atoms with Crippen molar-refractivity contribution in [3.63, 3.8) is 0 Å². The number of fused-ring (bicyclic) bond motifs is 2. The molecule has 0 unspecified atom stereocenters. The molecule has 3 rings (SSSR count). The zero-order chi connectivity index (χ0) is 13.6. The van der Waals surface area contributed by atoms with E-state index in [1.165, 1.54) is 0 Å². The number of para-hydroxylation sites is 1. The Bertz CT molecular complexity index is 831. The van der Waals surface area contributed by atoms with E-state index in [2.05, 4.69) is 24.6 Å². The summed E-state index contributed by atoms with van der Waals surface area (Å²) < 4.78 is 5.47. The zero-order valence-electron chi connectivity index (χ0n) is 11.2. The van der Waals surface area contributed by atoms with Crippen molar-refractivity contribution in [2.75, 3.05) is 0 Å². The molecule has 0 saturated heterocycles. The Morgan fingerprint density at radius 3 is 2.53 bits per heavy atom. The summed E-state index contributed by atoms with van der Waals surface area (Å²) in [6, 6.07) is 11.6. The monoisotopic (exact) mass is 269 g/mol. The SMILES string of the molecule is C[Si](C)(C)c1cc2nc3ccccc3cc2c(=O)o1. The summed E-state index contributed by atoms with van der Waals surface area (Å²) in [7, 11) is -1.66. The van der Waals surface area contributed by atoms with E-state index in [1.54, 1.807) is 0 Å². The number of hydrogen-bond acceptors (Lipinski definition) is 3. The fraction of sp³-hybridized carbons (Fsp3) is 0.200. The van der Waals surface area contributed by atoms with Gasteiger partial charge in [-0.25, -0.2) is 9.78 Å². The van der Waals surface area contributed by atoms with Crippen LogP contribution in [0.25, 0.3) is 21.8 Å². The number of benzene rings is 1. The lowest BCUT2D eigenvalue weighted by Crippen LogP contribution is -2.39. The van der Waals surface area contributed by atoms with Crippen molar-refractivity contribution >= 4 is 35.3 Å². The van der Waals surface area contributed by atoms with E-state index in [1.807, 2.05) is 36.4 Å². The number of nitrogens with zero attached hydrogens (tertiary/aromatic N) is 1. The Hall–Kier alpha value is -1.94. The summed E-state index contributed by atoms with van der Waals surface area (Å²) in [6.07, 6.45) is 0. The van der Waals surface area contributed by atoms with Gasteiger partial charge in [0.2, 0.25) is 0 Å². The van der Waals surface area contributed by atoms with Gasteiger partial charge in [-0.1, -0.05) is 37.8 Å². The molecule has 19 heavy (non-hydrogen) atoms. The minimum atomic E-state index is -1.66. The van der Waals surface area contributed by atoms with Gasteiger partial charge < -0.3 is 4.42 Å². The zero-order valence-corrected chi connectivity index (χ0v) is 12.2. The first kappa shape index (κ1) is 12.1. The fourth-order valence-corrected chi connectivity index (χ4v) is 3.05. The normalized spacial score (nSPS) is 12.2. The van der Waals surface area contributed by atoms with Crippen molar-refractivity contribution < 1.29 is 4.42 Å². The van der Waals surface area contributed by atoms with Crippen molar-refractivity contribution in [1.29, 1.82) is 0 Å². The molecule has 96 valence electrons. The third-order valence-corrected chi connectivity index (χ3v) is 4.91. The molecular weight excluding hydrogens is 254 g/mol. The van der Waals surface area contributed by atoms with Gasteiger partial charge in [-0.15, -0.1) is 0 Å². The molecule has 0 aliphatic carbocycles. The van der Waals surface area contributed by atoms with E-state index in [4.69, 9.17) is 4.42 Å². The van der Waals surface area contributed by atoms with Gasteiger partial charge >= 0.3 is 5.63 Å². The molecule has 4 heteroatoms. The minimum Gasteiger partial charge on any atom is -0.433 e. The van der Waals surface area contributed by atoms with Crippen LogP contribution in [-0.2, 0) is 0 Å². The molecule has 0 fully saturated rings. The van der Waals surface area contributed by atoms with Gasteiger partial charge in [-0.2, -0.15) is 0 Å². The quantitative estimate of drug-likeness (QED) is 0.504. The Balaban J connectivity index is 2.42. The van der Waals surface area contributed by atoms with Crippen LogP contribution >= 0.6 is 0 Å². The van der Waals surface area contributed by atoms with E-state index in [-0.39, 0.29) is 5.63 Å². The van der Waals surface area contributed by atoms with Crippen molar-refractivity contribution in [2.45, 2.75) is 19.6 Å². The smallest absolute Gasteiger partial charge is 0.345 e. The number of rotatable bonds is 1. The van der Waals surface area contributed by atoms with Crippen LogP contribution in [0.15, 0.2) is 45.6 Å². The van der Waals surface area contributed by atoms with E-state index < -0.39 is 8.07 Å². The molecular formula is C15H15NO2Si. The van der Waals surface area contributed by atoms with Crippen LogP contribution < -0.4 is 11.0 Å². The van der Waals surface area contributed by atoms with Crippen molar-refractivity contribution in [2.24, 2.45) is 0 Å². The van der Waals surface area contributed by atoms with E-state index in [0.717, 1.165) is 21.8 Å². The maximum absolute atomic E-state index is 12.1. The molecule has 0 aliphatic rings. The van der Waals surface area contributed by atoms with Crippen LogP contribution in [0.2, 0.25) is 19.6 Å². The van der Waals surface area contributed by atoms with Crippen LogP contribution in [0.1, 0.15) is 0 Å². The number of hydrogen-bond donors (Lipinski definition) is 0. The van der Waals surface area contributed by atoms with Crippen molar-refractivity contribution in [3.05, 3.63) is 46.8 Å². The molecule has 0 bridgehead atoms. The van der Waals surface area contributed by atoms with Crippen LogP contribution in [0.5, 0.6) is 0 Å². The van der Waals surface area contributed by atoms with Crippen LogP contribution in [0.4, 0.5) is 0 Å². The molecule has 0 N–H and O–H groups in total. The Kier molecular flexibility index (Phi) is 2.57. The Labute approximate surface area is 111 Å². The number of aromatic nitrogens is 1. The molecule has 0 spiro atoms. The molecule has 3 nitrogen and oxygen atoms in total. The molecule has 0 saturated carbocycles. The lowest BCUT2D eigenvalue weighted by atomic mass is 10.1. The van der Waals surface area contributed by atoms with Crippen LogP contribution in [0.3, 0.4) is 0 Å². The second kappa shape index (κ2) is 4.03. The summed E-state index contributed by atoms with van der Waals surface area (Å²) in [5.74, 6) is 0. The molecule has 1 aromatic carbocycles. The van der Waals surface area contributed by atoms with Gasteiger partial charge in [0.25, 0.3) is 0 Å². The third kappa shape index (κ3) is 2.08. The maximum atomic E-state index is 12.1. The second-order valence-corrected chi connectivity index (χ2v) is 10.8. The molecule has 3 aromatic rings. The molecule has 0 radical (unpaired) electrons. The Morgan fingerprint density at radius 2 is 1.79 bits per heavy atom. The van der Waals surface area contributed by atoms with Gasteiger partial charge in [0, 0.05) is 5.39 Å². The lowest BCUT2D eigenvalue weighted by Gasteiger charge is -2.14. The first-order chi connectivity index (χ1) is 8.95. The molecule has 0 aliphatic heterocycles. The third-order valence-electron chi connectivity index (χ3n) is 3.18. The van der Waals surface area contributed by atoms with Crippen LogP contribution in [0, 0.1) is 0 Å². The average molecular weight is 269 g/mol. The highest BCUT2D eigenvalue weighted by Crippen LogP contribution is 2.17. The summed E-state index contributed by atoms with van der Waals surface area (Å²) in [5.41, 5.74) is 1.35. The second-order valence-electron chi connectivity index (χ2n) is 5.76. The summed E-state index contributed by atoms with van der Waals surface area (Å²) >= 11 is 0. The lowest BCUT2D eigenvalue weighted by molar-refractivity contribution is 0.549. The highest BCUT2D eigenvalue weighted by atomic mass is 28.3. The highest BCUT2D eigenvalue weighted by molar-refractivity contribution is 6.87. The summed E-state index contributed by atoms with van der Waals surface area (Å²) in [5, 5.41) is 2.32. The number of pyridine rings is 1. The van der Waals surface area contributed by atoms with Gasteiger partial charge in [-0.3, -0.25) is 0 Å². The highest BCUT2D eigenvalue weighted by Gasteiger charge is 2.21. The van der Waals surface area contributed by atoms with Gasteiger partial charge in [0.05, 0.1) is 21.8 Å². The van der Waals surface area contributed by atoms with E-state index in [0.29, 0.717) is 5.39 Å². The molecule has 2 aromatic heterocycles. The predicted octanol–water partition coefficient (Wildman–Crippen LogP) is 2.89. The fourth-order valence-electron chi connectivity index (χ4n) is 2.08. The largest absolute Gasteiger partial charge is 0.433 e. The molecule has 0 atom stereocenters. The maximum Gasteiger partial charge on any atom is 0.345 e. The summed E-state index contributed by atoms with van der Waals surface area (Å²) in [6.45, 7) is 6.45. The van der Waals surface area contributed by atoms with Crippen molar-refractivity contribution in [3.8, 4) is 0 Å². The van der Waals surface area contributed by atoms with E-state index >= 15 is 0 Å².